The normalized spacial score (nSPS) is 20.2. The van der Waals surface area contributed by atoms with Gasteiger partial charge in [0.25, 0.3) is 0 Å². The molecule has 0 amide bonds. The maximum atomic E-state index is 5.26. The van der Waals surface area contributed by atoms with Gasteiger partial charge in [0.1, 0.15) is 0 Å². The van der Waals surface area contributed by atoms with Gasteiger partial charge in [0, 0.05) is 18.8 Å². The second-order valence-electron chi connectivity index (χ2n) is 3.29. The molecule has 0 radical (unpaired) electrons. The molecule has 0 bridgehead atoms. The Bertz CT molecular complexity index is 116. The molecule has 0 aromatic rings. The van der Waals surface area contributed by atoms with E-state index in [4.69, 9.17) is 4.74 Å². The topological polar surface area (TPSA) is 12.5 Å². The van der Waals surface area contributed by atoms with Gasteiger partial charge in [-0.15, -0.1) is 0 Å². The number of hydrogen-bond acceptors (Lipinski definition) is 4. The Labute approximate surface area is 82.9 Å². The minimum atomic E-state index is 0.795. The van der Waals surface area contributed by atoms with E-state index in [0.717, 1.165) is 32.2 Å². The van der Waals surface area contributed by atoms with E-state index in [-0.39, 0.29) is 0 Å². The van der Waals surface area contributed by atoms with Crippen LogP contribution in [0.5, 0.6) is 0 Å². The van der Waals surface area contributed by atoms with E-state index < -0.39 is 0 Å². The lowest BCUT2D eigenvalue weighted by Crippen LogP contribution is -2.30. The Morgan fingerprint density at radius 1 is 1.33 bits per heavy atom. The Morgan fingerprint density at radius 3 is 2.58 bits per heavy atom. The van der Waals surface area contributed by atoms with Gasteiger partial charge in [-0.3, -0.25) is 0 Å². The molecule has 1 fully saturated rings. The molecular formula is C8H17NOS2. The molecule has 0 aromatic heterocycles. The number of nitrogens with zero attached hydrogens (tertiary/aromatic N) is 1. The highest BCUT2D eigenvalue weighted by Gasteiger charge is 2.10. The third kappa shape index (κ3) is 4.60. The Hall–Kier alpha value is 0.620. The summed E-state index contributed by atoms with van der Waals surface area (Å²) in [6.45, 7) is 8.47. The minimum absolute atomic E-state index is 0.795. The van der Waals surface area contributed by atoms with E-state index in [0.29, 0.717) is 0 Å². The van der Waals surface area contributed by atoms with Crippen LogP contribution in [-0.2, 0) is 4.74 Å². The van der Waals surface area contributed by atoms with Crippen molar-refractivity contribution in [2.45, 2.75) is 13.8 Å². The van der Waals surface area contributed by atoms with Crippen molar-refractivity contribution in [1.82, 2.24) is 4.31 Å². The molecule has 4 heteroatoms. The fraction of sp³-hybridized carbons (Fsp3) is 1.00. The first kappa shape index (κ1) is 10.7. The van der Waals surface area contributed by atoms with Crippen molar-refractivity contribution in [3.8, 4) is 0 Å². The predicted octanol–water partition coefficient (Wildman–Crippen LogP) is 2.27. The first-order chi connectivity index (χ1) is 5.79. The average Bonchev–Trinajstić information content (AvgIpc) is 2.05. The molecule has 12 heavy (non-hydrogen) atoms. The van der Waals surface area contributed by atoms with Crippen molar-refractivity contribution in [2.24, 2.45) is 5.92 Å². The molecule has 1 heterocycles. The molecular weight excluding hydrogens is 190 g/mol. The minimum Gasteiger partial charge on any atom is -0.379 e. The van der Waals surface area contributed by atoms with Crippen LogP contribution in [0, 0.1) is 5.92 Å². The number of hydrogen-bond donors (Lipinski definition) is 0. The quantitative estimate of drug-likeness (QED) is 0.517. The molecule has 0 saturated carbocycles. The highest BCUT2D eigenvalue weighted by molar-refractivity contribution is 8.75. The predicted molar refractivity (Wildman–Crippen MR) is 57.3 cm³/mol. The van der Waals surface area contributed by atoms with Crippen LogP contribution >= 0.6 is 21.8 Å². The number of ether oxygens (including phenoxy) is 1. The molecule has 1 aliphatic rings. The van der Waals surface area contributed by atoms with Gasteiger partial charge in [0.2, 0.25) is 0 Å². The van der Waals surface area contributed by atoms with Gasteiger partial charge in [-0.2, -0.15) is 0 Å². The molecule has 1 aliphatic heterocycles. The van der Waals surface area contributed by atoms with Crippen molar-refractivity contribution in [1.29, 1.82) is 0 Å². The van der Waals surface area contributed by atoms with Crippen molar-refractivity contribution in [3.05, 3.63) is 0 Å². The highest BCUT2D eigenvalue weighted by atomic mass is 33.1. The maximum Gasteiger partial charge on any atom is 0.0603 e. The fourth-order valence-electron chi connectivity index (χ4n) is 0.862. The first-order valence-corrected chi connectivity index (χ1v) is 6.69. The second-order valence-corrected chi connectivity index (χ2v) is 5.68. The molecule has 1 saturated heterocycles. The zero-order chi connectivity index (χ0) is 8.81. The van der Waals surface area contributed by atoms with E-state index in [1.165, 1.54) is 5.75 Å². The smallest absolute Gasteiger partial charge is 0.0603 e. The summed E-state index contributed by atoms with van der Waals surface area (Å²) in [5.74, 6) is 2.03. The third-order valence-electron chi connectivity index (χ3n) is 1.53. The van der Waals surface area contributed by atoms with Crippen molar-refractivity contribution < 1.29 is 4.74 Å². The molecule has 0 aromatic carbocycles. The van der Waals surface area contributed by atoms with E-state index in [2.05, 4.69) is 18.2 Å². The lowest BCUT2D eigenvalue weighted by molar-refractivity contribution is 0.0779. The van der Waals surface area contributed by atoms with Gasteiger partial charge in [0.05, 0.1) is 13.2 Å². The summed E-state index contributed by atoms with van der Waals surface area (Å²) >= 11 is 0. The Kier molecular flexibility index (Phi) is 5.47. The third-order valence-corrected chi connectivity index (χ3v) is 4.37. The molecule has 72 valence electrons. The van der Waals surface area contributed by atoms with Crippen molar-refractivity contribution in [2.75, 3.05) is 32.1 Å². The van der Waals surface area contributed by atoms with E-state index >= 15 is 0 Å². The summed E-state index contributed by atoms with van der Waals surface area (Å²) in [6.07, 6.45) is 0. The van der Waals surface area contributed by atoms with Crippen LogP contribution in [0.15, 0.2) is 0 Å². The standard InChI is InChI=1S/C8H17NOS2/c1-8(2)7-11-12-9-3-5-10-6-4-9/h8H,3-7H2,1-2H3. The van der Waals surface area contributed by atoms with Gasteiger partial charge < -0.3 is 4.74 Å². The van der Waals surface area contributed by atoms with Crippen LogP contribution in [0.3, 0.4) is 0 Å². The van der Waals surface area contributed by atoms with Crippen LogP contribution in [0.2, 0.25) is 0 Å². The van der Waals surface area contributed by atoms with Crippen molar-refractivity contribution >= 4 is 21.8 Å². The summed E-state index contributed by atoms with van der Waals surface area (Å²) in [4.78, 5) is 0. The zero-order valence-corrected chi connectivity index (χ0v) is 9.42. The zero-order valence-electron chi connectivity index (χ0n) is 7.78. The second kappa shape index (κ2) is 6.13. The van der Waals surface area contributed by atoms with E-state index in [1.807, 2.05) is 21.8 Å². The molecule has 2 nitrogen and oxygen atoms in total. The first-order valence-electron chi connectivity index (χ1n) is 4.41. The summed E-state index contributed by atoms with van der Waals surface area (Å²) < 4.78 is 7.65. The van der Waals surface area contributed by atoms with Gasteiger partial charge >= 0.3 is 0 Å². The lowest BCUT2D eigenvalue weighted by Gasteiger charge is -2.24. The van der Waals surface area contributed by atoms with Gasteiger partial charge in [0.15, 0.2) is 0 Å². The molecule has 0 atom stereocenters. The van der Waals surface area contributed by atoms with Crippen molar-refractivity contribution in [3.63, 3.8) is 0 Å². The molecule has 0 aliphatic carbocycles. The van der Waals surface area contributed by atoms with E-state index in [9.17, 15) is 0 Å². The Morgan fingerprint density at radius 2 is 2.00 bits per heavy atom. The lowest BCUT2D eigenvalue weighted by atomic mass is 10.3. The monoisotopic (exact) mass is 207 g/mol. The van der Waals surface area contributed by atoms with Gasteiger partial charge in [-0.25, -0.2) is 4.31 Å². The van der Waals surface area contributed by atoms with E-state index in [1.54, 1.807) is 0 Å². The summed E-state index contributed by atoms with van der Waals surface area (Å²) in [5, 5.41) is 0. The highest BCUT2D eigenvalue weighted by Crippen LogP contribution is 2.28. The number of rotatable bonds is 4. The maximum absolute atomic E-state index is 5.26. The summed E-state index contributed by atoms with van der Waals surface area (Å²) in [7, 11) is 3.85. The van der Waals surface area contributed by atoms with Crippen LogP contribution in [0.25, 0.3) is 0 Å². The largest absolute Gasteiger partial charge is 0.379 e. The molecule has 0 spiro atoms. The van der Waals surface area contributed by atoms with Gasteiger partial charge in [-0.05, 0) is 16.9 Å². The molecule has 1 rings (SSSR count). The molecule has 0 N–H and O–H groups in total. The van der Waals surface area contributed by atoms with Crippen LogP contribution in [-0.4, -0.2) is 36.4 Å². The van der Waals surface area contributed by atoms with Gasteiger partial charge in [-0.1, -0.05) is 24.6 Å². The van der Waals surface area contributed by atoms with Crippen LogP contribution in [0.4, 0.5) is 0 Å². The van der Waals surface area contributed by atoms with Crippen LogP contribution < -0.4 is 0 Å². The summed E-state index contributed by atoms with van der Waals surface area (Å²) in [6, 6.07) is 0. The SMILES string of the molecule is CC(C)CSSN1CCOCC1. The summed E-state index contributed by atoms with van der Waals surface area (Å²) in [5.41, 5.74) is 0. The number of morpholine rings is 1. The average molecular weight is 207 g/mol. The fourth-order valence-corrected chi connectivity index (χ4v) is 3.54. The molecule has 0 unspecified atom stereocenters. The van der Waals surface area contributed by atoms with Crippen LogP contribution in [0.1, 0.15) is 13.8 Å². The Balaban J connectivity index is 1.98.